The van der Waals surface area contributed by atoms with Crippen LogP contribution in [-0.4, -0.2) is 42.7 Å². The lowest BCUT2D eigenvalue weighted by Crippen LogP contribution is -2.53. The van der Waals surface area contributed by atoms with E-state index in [1.54, 1.807) is 0 Å². The highest BCUT2D eigenvalue weighted by atomic mass is 79.9. The Hall–Kier alpha value is -2.08. The Morgan fingerprint density at radius 1 is 1.46 bits per heavy atom. The minimum absolute atomic E-state index is 0.0752. The number of rotatable bonds is 2. The van der Waals surface area contributed by atoms with Gasteiger partial charge < -0.3 is 5.11 Å². The topological polar surface area (TPSA) is 99.1 Å². The summed E-state index contributed by atoms with van der Waals surface area (Å²) in [5.41, 5.74) is -2.38. The Kier molecular flexibility index (Phi) is 5.38. The number of aliphatic imine (C=N–C) groups is 1. The van der Waals surface area contributed by atoms with Crippen molar-refractivity contribution < 1.29 is 31.5 Å². The van der Waals surface area contributed by atoms with Gasteiger partial charge in [-0.3, -0.25) is 5.32 Å². The van der Waals surface area contributed by atoms with E-state index in [1.165, 1.54) is 6.92 Å². The molecule has 1 amide bonds. The van der Waals surface area contributed by atoms with Crippen LogP contribution in [0.1, 0.15) is 18.1 Å². The van der Waals surface area contributed by atoms with Gasteiger partial charge in [-0.15, -0.1) is 0 Å². The molecule has 1 aromatic carbocycles. The van der Waals surface area contributed by atoms with E-state index in [2.05, 4.69) is 20.9 Å². The number of nitrogens with one attached hydrogen (secondary N) is 1. The van der Waals surface area contributed by atoms with Crippen molar-refractivity contribution in [1.82, 2.24) is 9.62 Å². The Bertz CT molecular complexity index is 932. The lowest BCUT2D eigenvalue weighted by atomic mass is 9.92. The van der Waals surface area contributed by atoms with Crippen LogP contribution in [0.25, 0.3) is 6.08 Å². The molecule has 0 aromatic heterocycles. The molecule has 0 saturated carbocycles. The molecule has 0 saturated heterocycles. The van der Waals surface area contributed by atoms with E-state index in [4.69, 9.17) is 5.11 Å². The van der Waals surface area contributed by atoms with Gasteiger partial charge >= 0.3 is 6.09 Å². The Labute approximate surface area is 155 Å². The summed E-state index contributed by atoms with van der Waals surface area (Å²) in [7, 11) is -3.02. The SMILES string of the molecule is CN1C(NC(=O)O)=NC(C)(c2cc(C=C(F)Br)cc(F)c2F)CS1(=O)=O. The molecule has 1 aliphatic heterocycles. The van der Waals surface area contributed by atoms with Crippen LogP contribution in [0.3, 0.4) is 0 Å². The number of nitrogens with zero attached hydrogens (tertiary/aromatic N) is 2. The van der Waals surface area contributed by atoms with Gasteiger partial charge in [0.1, 0.15) is 5.54 Å². The number of guanidine groups is 1. The third-order valence-corrected chi connectivity index (χ3v) is 5.82. The van der Waals surface area contributed by atoms with E-state index in [1.807, 2.05) is 5.32 Å². The third kappa shape index (κ3) is 4.01. The molecule has 26 heavy (non-hydrogen) atoms. The number of hydrogen-bond acceptors (Lipinski definition) is 4. The quantitative estimate of drug-likeness (QED) is 0.715. The molecule has 0 spiro atoms. The van der Waals surface area contributed by atoms with E-state index in [0.717, 1.165) is 25.3 Å². The number of carbonyl (C=O) groups is 1. The fourth-order valence-corrected chi connectivity index (χ4v) is 4.21. The van der Waals surface area contributed by atoms with Crippen LogP contribution in [0.15, 0.2) is 21.9 Å². The monoisotopic (exact) mass is 455 g/mol. The zero-order chi connectivity index (χ0) is 19.9. The highest BCUT2D eigenvalue weighted by Gasteiger charge is 2.43. The number of carboxylic acid groups (broad SMARTS) is 1. The first-order valence-corrected chi connectivity index (χ1v) is 9.34. The molecule has 142 valence electrons. The first-order valence-electron chi connectivity index (χ1n) is 6.94. The van der Waals surface area contributed by atoms with E-state index < -0.39 is 55.3 Å². The molecule has 1 unspecified atom stereocenters. The van der Waals surface area contributed by atoms with Crippen LogP contribution >= 0.6 is 15.9 Å². The minimum atomic E-state index is -4.09. The Morgan fingerprint density at radius 3 is 2.62 bits per heavy atom. The lowest BCUT2D eigenvalue weighted by molar-refractivity contribution is 0.199. The second-order valence-electron chi connectivity index (χ2n) is 5.66. The van der Waals surface area contributed by atoms with Gasteiger partial charge in [0.15, 0.2) is 16.4 Å². The standard InChI is InChI=1S/C14H13BrF3N3O4S/c1-14(6-26(24,25)21(2)12(20-14)19-13(22)23)8-3-7(5-10(15)17)4-9(16)11(8)18/h3-5H,6H2,1-2H3,(H,19,20)(H,22,23). The van der Waals surface area contributed by atoms with E-state index in [9.17, 15) is 26.4 Å². The summed E-state index contributed by atoms with van der Waals surface area (Å²) in [6, 6.07) is 1.77. The predicted octanol–water partition coefficient (Wildman–Crippen LogP) is 2.74. The van der Waals surface area contributed by atoms with Gasteiger partial charge in [0.2, 0.25) is 16.0 Å². The van der Waals surface area contributed by atoms with Gasteiger partial charge in [0.25, 0.3) is 0 Å². The molecule has 2 N–H and O–H groups in total. The first kappa shape index (κ1) is 20.2. The summed E-state index contributed by atoms with van der Waals surface area (Å²) in [4.78, 5) is 14.8. The summed E-state index contributed by atoms with van der Waals surface area (Å²) in [5, 5.41) is 10.6. The highest BCUT2D eigenvalue weighted by Crippen LogP contribution is 2.35. The summed E-state index contributed by atoms with van der Waals surface area (Å²) >= 11 is 2.52. The van der Waals surface area contributed by atoms with Crippen molar-refractivity contribution in [1.29, 1.82) is 0 Å². The fourth-order valence-electron chi connectivity index (χ4n) is 2.47. The lowest BCUT2D eigenvalue weighted by Gasteiger charge is -2.35. The van der Waals surface area contributed by atoms with Crippen LogP contribution in [-0.2, 0) is 15.6 Å². The largest absolute Gasteiger partial charge is 0.465 e. The molecule has 12 heteroatoms. The number of hydrogen-bond donors (Lipinski definition) is 2. The van der Waals surface area contributed by atoms with Crippen molar-refractivity contribution >= 4 is 44.1 Å². The zero-order valence-corrected chi connectivity index (χ0v) is 15.8. The molecule has 0 aliphatic carbocycles. The molecule has 7 nitrogen and oxygen atoms in total. The Morgan fingerprint density at radius 2 is 2.08 bits per heavy atom. The maximum Gasteiger partial charge on any atom is 0.411 e. The molecule has 0 fully saturated rings. The number of sulfonamides is 1. The van der Waals surface area contributed by atoms with Gasteiger partial charge in [-0.2, -0.15) is 4.39 Å². The number of benzene rings is 1. The molecule has 1 heterocycles. The van der Waals surface area contributed by atoms with Crippen LogP contribution in [0.2, 0.25) is 0 Å². The van der Waals surface area contributed by atoms with Crippen molar-refractivity contribution in [2.45, 2.75) is 12.5 Å². The zero-order valence-electron chi connectivity index (χ0n) is 13.4. The molecule has 1 aliphatic rings. The summed E-state index contributed by atoms with van der Waals surface area (Å²) in [6.07, 6.45) is -0.723. The average molecular weight is 456 g/mol. The van der Waals surface area contributed by atoms with Crippen LogP contribution < -0.4 is 5.32 Å². The molecule has 1 atom stereocenters. The van der Waals surface area contributed by atoms with Gasteiger partial charge in [0, 0.05) is 12.6 Å². The molecule has 2 rings (SSSR count). The Balaban J connectivity index is 2.72. The van der Waals surface area contributed by atoms with Crippen molar-refractivity contribution in [2.24, 2.45) is 4.99 Å². The predicted molar refractivity (Wildman–Crippen MR) is 91.9 cm³/mol. The van der Waals surface area contributed by atoms with Crippen LogP contribution in [0.4, 0.5) is 18.0 Å². The maximum absolute atomic E-state index is 14.4. The minimum Gasteiger partial charge on any atom is -0.465 e. The molecule has 0 radical (unpaired) electrons. The number of amides is 1. The second-order valence-corrected chi connectivity index (χ2v) is 8.42. The van der Waals surface area contributed by atoms with E-state index in [-0.39, 0.29) is 5.56 Å². The molecular formula is C14H13BrF3N3O4S. The maximum atomic E-state index is 14.4. The summed E-state index contributed by atoms with van der Waals surface area (Å²) in [5.74, 6) is -4.01. The van der Waals surface area contributed by atoms with Gasteiger partial charge in [-0.05, 0) is 46.6 Å². The van der Waals surface area contributed by atoms with Crippen LogP contribution in [0, 0.1) is 11.6 Å². The van der Waals surface area contributed by atoms with Gasteiger partial charge in [-0.25, -0.2) is 31.3 Å². The third-order valence-electron chi connectivity index (χ3n) is 3.66. The van der Waals surface area contributed by atoms with E-state index >= 15 is 0 Å². The first-order chi connectivity index (χ1) is 11.9. The van der Waals surface area contributed by atoms with Crippen molar-refractivity contribution in [2.75, 3.05) is 12.8 Å². The molecule has 1 aromatic rings. The summed E-state index contributed by atoms with van der Waals surface area (Å²) < 4.78 is 65.7. The van der Waals surface area contributed by atoms with Crippen molar-refractivity contribution in [3.05, 3.63) is 39.6 Å². The normalized spacial score (nSPS) is 22.8. The average Bonchev–Trinajstić information content (AvgIpc) is 2.46. The number of halogens is 4. The highest BCUT2D eigenvalue weighted by molar-refractivity contribution is 9.11. The fraction of sp³-hybridized carbons (Fsp3) is 0.286. The van der Waals surface area contributed by atoms with Gasteiger partial charge in [-0.1, -0.05) is 0 Å². The van der Waals surface area contributed by atoms with Crippen LogP contribution in [0.5, 0.6) is 0 Å². The molecule has 0 bridgehead atoms. The molecular weight excluding hydrogens is 443 g/mol. The summed E-state index contributed by atoms with van der Waals surface area (Å²) in [6.45, 7) is 1.21. The van der Waals surface area contributed by atoms with E-state index in [0.29, 0.717) is 4.31 Å². The van der Waals surface area contributed by atoms with Crippen molar-refractivity contribution in [3.63, 3.8) is 0 Å². The second kappa shape index (κ2) is 6.91. The van der Waals surface area contributed by atoms with Crippen molar-refractivity contribution in [3.8, 4) is 0 Å². The van der Waals surface area contributed by atoms with Gasteiger partial charge in [0.05, 0.1) is 5.75 Å². The smallest absolute Gasteiger partial charge is 0.411 e.